The lowest BCUT2D eigenvalue weighted by Crippen LogP contribution is -2.45. The number of ether oxygens (including phenoxy) is 3. The third-order valence-corrected chi connectivity index (χ3v) is 4.73. The van der Waals surface area contributed by atoms with Crippen LogP contribution in [0.3, 0.4) is 0 Å². The van der Waals surface area contributed by atoms with Crippen molar-refractivity contribution in [1.29, 1.82) is 0 Å². The van der Waals surface area contributed by atoms with Crippen molar-refractivity contribution in [1.82, 2.24) is 15.2 Å². The number of fused-ring (bicyclic) bond motifs is 1. The molecule has 3 amide bonds. The first-order chi connectivity index (χ1) is 13.4. The molecule has 3 heterocycles. The van der Waals surface area contributed by atoms with Gasteiger partial charge in [-0.15, -0.1) is 0 Å². The standard InChI is InChI=1S/C20H21N3O5/c1-20(2)18(24)23(19(25)22-20)10-12-11-27-15-8-4-6-13(17(15)28-12)14-7-5-9-16(21-14)26-3/h4-9,12H,10-11H2,1-3H3,(H,22,25). The Balaban J connectivity index is 1.60. The first-order valence-electron chi connectivity index (χ1n) is 8.97. The second kappa shape index (κ2) is 6.70. The number of pyridine rings is 1. The van der Waals surface area contributed by atoms with E-state index in [1.807, 2.05) is 30.3 Å². The molecule has 2 aromatic rings. The molecule has 28 heavy (non-hydrogen) atoms. The highest BCUT2D eigenvalue weighted by atomic mass is 16.6. The molecule has 1 aromatic heterocycles. The number of aromatic nitrogens is 1. The summed E-state index contributed by atoms with van der Waals surface area (Å²) in [6, 6.07) is 10.6. The number of nitrogens with one attached hydrogen (secondary N) is 1. The van der Waals surface area contributed by atoms with Gasteiger partial charge in [-0.1, -0.05) is 12.1 Å². The summed E-state index contributed by atoms with van der Waals surface area (Å²) in [5.41, 5.74) is 0.510. The summed E-state index contributed by atoms with van der Waals surface area (Å²) >= 11 is 0. The van der Waals surface area contributed by atoms with Crippen molar-refractivity contribution >= 4 is 11.9 Å². The Kier molecular flexibility index (Phi) is 4.33. The normalized spacial score (nSPS) is 20.1. The zero-order valence-corrected chi connectivity index (χ0v) is 15.9. The molecule has 0 saturated carbocycles. The van der Waals surface area contributed by atoms with Crippen LogP contribution in [0.5, 0.6) is 17.4 Å². The Hall–Kier alpha value is -3.29. The van der Waals surface area contributed by atoms with Crippen LogP contribution < -0.4 is 19.5 Å². The molecule has 1 atom stereocenters. The molecule has 1 saturated heterocycles. The van der Waals surface area contributed by atoms with Gasteiger partial charge >= 0.3 is 6.03 Å². The Morgan fingerprint density at radius 1 is 1.25 bits per heavy atom. The maximum absolute atomic E-state index is 12.4. The lowest BCUT2D eigenvalue weighted by Gasteiger charge is -2.30. The Morgan fingerprint density at radius 3 is 2.75 bits per heavy atom. The fourth-order valence-electron chi connectivity index (χ4n) is 3.29. The van der Waals surface area contributed by atoms with Crippen molar-refractivity contribution in [3.8, 4) is 28.6 Å². The van der Waals surface area contributed by atoms with Gasteiger partial charge in [-0.05, 0) is 32.0 Å². The smallest absolute Gasteiger partial charge is 0.325 e. The van der Waals surface area contributed by atoms with Gasteiger partial charge in [0, 0.05) is 11.6 Å². The van der Waals surface area contributed by atoms with Crippen LogP contribution in [0.25, 0.3) is 11.3 Å². The largest absolute Gasteiger partial charge is 0.486 e. The van der Waals surface area contributed by atoms with Gasteiger partial charge in [0.1, 0.15) is 12.1 Å². The maximum atomic E-state index is 12.4. The van der Waals surface area contributed by atoms with Crippen molar-refractivity contribution in [2.45, 2.75) is 25.5 Å². The minimum atomic E-state index is -0.916. The predicted molar refractivity (Wildman–Crippen MR) is 100 cm³/mol. The Morgan fingerprint density at radius 2 is 2.04 bits per heavy atom. The van der Waals surface area contributed by atoms with E-state index >= 15 is 0 Å². The monoisotopic (exact) mass is 383 g/mol. The molecule has 2 aliphatic heterocycles. The zero-order chi connectivity index (χ0) is 19.9. The van der Waals surface area contributed by atoms with Gasteiger partial charge in [-0.3, -0.25) is 9.69 Å². The third kappa shape index (κ3) is 3.11. The van der Waals surface area contributed by atoms with Crippen LogP contribution in [0.2, 0.25) is 0 Å². The summed E-state index contributed by atoms with van der Waals surface area (Å²) in [5.74, 6) is 1.33. The van der Waals surface area contributed by atoms with Crippen LogP contribution in [-0.2, 0) is 4.79 Å². The number of nitrogens with zero attached hydrogens (tertiary/aromatic N) is 2. The van der Waals surface area contributed by atoms with Crippen LogP contribution in [0.15, 0.2) is 36.4 Å². The second-order valence-corrected chi connectivity index (χ2v) is 7.22. The summed E-state index contributed by atoms with van der Waals surface area (Å²) in [4.78, 5) is 30.2. The van der Waals surface area contributed by atoms with E-state index in [0.717, 1.165) is 5.56 Å². The second-order valence-electron chi connectivity index (χ2n) is 7.22. The minimum Gasteiger partial charge on any atom is -0.486 e. The third-order valence-electron chi connectivity index (χ3n) is 4.73. The fraction of sp³-hybridized carbons (Fsp3) is 0.350. The van der Waals surface area contributed by atoms with Crippen LogP contribution in [0.1, 0.15) is 13.8 Å². The first kappa shape index (κ1) is 18.1. The molecule has 1 aromatic carbocycles. The SMILES string of the molecule is COc1cccc(-c2cccc3c2OC(CN2C(=O)NC(C)(C)C2=O)CO3)n1. The van der Waals surface area contributed by atoms with Gasteiger partial charge in [0.15, 0.2) is 17.6 Å². The molecule has 4 rings (SSSR count). The molecule has 0 aliphatic carbocycles. The van der Waals surface area contributed by atoms with Gasteiger partial charge < -0.3 is 19.5 Å². The highest BCUT2D eigenvalue weighted by Crippen LogP contribution is 2.40. The summed E-state index contributed by atoms with van der Waals surface area (Å²) in [7, 11) is 1.56. The molecule has 0 spiro atoms. The van der Waals surface area contributed by atoms with Gasteiger partial charge in [0.2, 0.25) is 5.88 Å². The van der Waals surface area contributed by atoms with E-state index in [-0.39, 0.29) is 19.1 Å². The van der Waals surface area contributed by atoms with Crippen molar-refractivity contribution < 1.29 is 23.8 Å². The van der Waals surface area contributed by atoms with Gasteiger partial charge in [0.25, 0.3) is 5.91 Å². The van der Waals surface area contributed by atoms with Crippen molar-refractivity contribution in [3.63, 3.8) is 0 Å². The molecule has 8 nitrogen and oxygen atoms in total. The quantitative estimate of drug-likeness (QED) is 0.815. The number of imide groups is 1. The van der Waals surface area contributed by atoms with Crippen LogP contribution in [0.4, 0.5) is 4.79 Å². The molecule has 146 valence electrons. The van der Waals surface area contributed by atoms with E-state index in [9.17, 15) is 9.59 Å². The molecule has 8 heteroatoms. The number of amides is 3. The van der Waals surface area contributed by atoms with Gasteiger partial charge in [0.05, 0.1) is 19.3 Å². The molecule has 1 unspecified atom stereocenters. The molecule has 1 fully saturated rings. The van der Waals surface area contributed by atoms with Gasteiger partial charge in [-0.2, -0.15) is 0 Å². The van der Waals surface area contributed by atoms with E-state index in [1.165, 1.54) is 4.90 Å². The molecule has 0 bridgehead atoms. The maximum Gasteiger partial charge on any atom is 0.325 e. The number of benzene rings is 1. The number of para-hydroxylation sites is 1. The van der Waals surface area contributed by atoms with E-state index in [2.05, 4.69) is 10.3 Å². The minimum absolute atomic E-state index is 0.105. The van der Waals surface area contributed by atoms with Gasteiger partial charge in [-0.25, -0.2) is 9.78 Å². The average Bonchev–Trinajstić information content (AvgIpc) is 2.89. The number of hydrogen-bond donors (Lipinski definition) is 1. The van der Waals surface area contributed by atoms with E-state index in [0.29, 0.717) is 23.1 Å². The van der Waals surface area contributed by atoms with Crippen LogP contribution in [-0.4, -0.2) is 53.7 Å². The summed E-state index contributed by atoms with van der Waals surface area (Å²) < 4.78 is 17.2. The zero-order valence-electron chi connectivity index (χ0n) is 15.9. The Bertz CT molecular complexity index is 943. The molecule has 0 radical (unpaired) electrons. The molecular formula is C20H21N3O5. The average molecular weight is 383 g/mol. The number of methoxy groups -OCH3 is 1. The highest BCUT2D eigenvalue weighted by Gasteiger charge is 2.45. The van der Waals surface area contributed by atoms with Crippen molar-refractivity contribution in [2.24, 2.45) is 0 Å². The molecule has 1 N–H and O–H groups in total. The molecule has 2 aliphatic rings. The number of carbonyl (C=O) groups is 2. The number of hydrogen-bond acceptors (Lipinski definition) is 6. The predicted octanol–water partition coefficient (Wildman–Crippen LogP) is 2.23. The fourth-order valence-corrected chi connectivity index (χ4v) is 3.29. The van der Waals surface area contributed by atoms with E-state index < -0.39 is 17.7 Å². The van der Waals surface area contributed by atoms with Crippen molar-refractivity contribution in [3.05, 3.63) is 36.4 Å². The number of urea groups is 1. The highest BCUT2D eigenvalue weighted by molar-refractivity contribution is 6.06. The van der Waals surface area contributed by atoms with Crippen LogP contribution >= 0.6 is 0 Å². The summed E-state index contributed by atoms with van der Waals surface area (Å²) in [6.07, 6.45) is -0.483. The molecular weight excluding hydrogens is 362 g/mol. The van der Waals surface area contributed by atoms with E-state index in [1.54, 1.807) is 27.0 Å². The lowest BCUT2D eigenvalue weighted by atomic mass is 10.1. The first-order valence-corrected chi connectivity index (χ1v) is 8.97. The van der Waals surface area contributed by atoms with Crippen LogP contribution in [0, 0.1) is 0 Å². The lowest BCUT2D eigenvalue weighted by molar-refractivity contribution is -0.131. The summed E-state index contributed by atoms with van der Waals surface area (Å²) in [6.45, 7) is 3.69. The topological polar surface area (TPSA) is 90.0 Å². The summed E-state index contributed by atoms with van der Waals surface area (Å²) in [5, 5.41) is 2.67. The van der Waals surface area contributed by atoms with E-state index in [4.69, 9.17) is 14.2 Å². The number of rotatable bonds is 4. The Labute approximate surface area is 162 Å². The van der Waals surface area contributed by atoms with Crippen molar-refractivity contribution in [2.75, 3.05) is 20.3 Å². The number of carbonyl (C=O) groups excluding carboxylic acids is 2.